The first-order valence-electron chi connectivity index (χ1n) is 5.77. The molecule has 0 aromatic heterocycles. The van der Waals surface area contributed by atoms with Crippen LogP contribution >= 0.6 is 0 Å². The van der Waals surface area contributed by atoms with E-state index in [1.54, 1.807) is 0 Å². The monoisotopic (exact) mass is 205 g/mol. The molecule has 0 radical (unpaired) electrons. The molecule has 0 saturated carbocycles. The quantitative estimate of drug-likeness (QED) is 0.794. The van der Waals surface area contributed by atoms with E-state index in [1.165, 1.54) is 11.1 Å². The molecular formula is C13H19NO. The molecule has 2 nitrogen and oxygen atoms in total. The molecule has 1 aromatic rings. The number of aryl methyl sites for hydroxylation is 1. The van der Waals surface area contributed by atoms with Gasteiger partial charge < -0.3 is 10.8 Å². The molecule has 0 saturated heterocycles. The fraction of sp³-hybridized carbons (Fsp3) is 0.538. The minimum atomic E-state index is -0.275. The molecule has 3 N–H and O–H groups in total. The van der Waals surface area contributed by atoms with Crippen LogP contribution < -0.4 is 5.73 Å². The molecule has 1 aliphatic rings. The Hall–Kier alpha value is -0.860. The molecule has 0 heterocycles. The maximum absolute atomic E-state index is 9.96. The fourth-order valence-electron chi connectivity index (χ4n) is 2.50. The highest BCUT2D eigenvalue weighted by atomic mass is 16.3. The number of rotatable bonds is 3. The first-order chi connectivity index (χ1) is 7.26. The Morgan fingerprint density at radius 1 is 1.40 bits per heavy atom. The van der Waals surface area contributed by atoms with Crippen LogP contribution in [0.2, 0.25) is 0 Å². The Kier molecular flexibility index (Phi) is 3.08. The third-order valence-electron chi connectivity index (χ3n) is 3.38. The van der Waals surface area contributed by atoms with Crippen molar-refractivity contribution in [1.82, 2.24) is 0 Å². The van der Waals surface area contributed by atoms with E-state index in [0.717, 1.165) is 24.8 Å². The molecule has 0 spiro atoms. The van der Waals surface area contributed by atoms with Gasteiger partial charge in [0.2, 0.25) is 0 Å². The molecule has 15 heavy (non-hydrogen) atoms. The topological polar surface area (TPSA) is 46.2 Å². The van der Waals surface area contributed by atoms with Crippen molar-refractivity contribution < 1.29 is 5.11 Å². The van der Waals surface area contributed by atoms with Crippen LogP contribution in [0.3, 0.4) is 0 Å². The smallest absolute Gasteiger partial charge is 0.0798 e. The number of fused-ring (bicyclic) bond motifs is 1. The third-order valence-corrected chi connectivity index (χ3v) is 3.38. The Morgan fingerprint density at radius 3 is 2.87 bits per heavy atom. The van der Waals surface area contributed by atoms with Crippen LogP contribution in [0.25, 0.3) is 0 Å². The van der Waals surface area contributed by atoms with Crippen LogP contribution in [0.1, 0.15) is 48.5 Å². The molecule has 0 aliphatic heterocycles. The van der Waals surface area contributed by atoms with E-state index < -0.39 is 0 Å². The lowest BCUT2D eigenvalue weighted by molar-refractivity contribution is 0.172. The number of aliphatic hydroxyl groups is 1. The molecule has 1 aromatic carbocycles. The Balaban J connectivity index is 2.32. The van der Waals surface area contributed by atoms with Crippen LogP contribution in [0, 0.1) is 0 Å². The summed E-state index contributed by atoms with van der Waals surface area (Å²) in [6.45, 7) is 2.84. The minimum Gasteiger partial charge on any atom is -0.388 e. The maximum atomic E-state index is 9.96. The summed E-state index contributed by atoms with van der Waals surface area (Å²) in [6, 6.07) is 6.49. The Labute approximate surface area is 91.1 Å². The van der Waals surface area contributed by atoms with Crippen molar-refractivity contribution >= 4 is 0 Å². The predicted octanol–water partition coefficient (Wildman–Crippen LogP) is 2.12. The predicted molar refractivity (Wildman–Crippen MR) is 61.8 cm³/mol. The van der Waals surface area contributed by atoms with Gasteiger partial charge in [0.05, 0.1) is 6.10 Å². The zero-order chi connectivity index (χ0) is 10.8. The normalized spacial score (nSPS) is 24.2. The summed E-state index contributed by atoms with van der Waals surface area (Å²) in [4.78, 5) is 0. The first-order valence-corrected chi connectivity index (χ1v) is 5.77. The van der Waals surface area contributed by atoms with E-state index in [0.29, 0.717) is 12.5 Å². The Bertz CT molecular complexity index is 348. The third kappa shape index (κ3) is 1.92. The molecule has 2 atom stereocenters. The second-order valence-corrected chi connectivity index (χ2v) is 4.34. The lowest BCUT2D eigenvalue weighted by Gasteiger charge is -2.09. The molecule has 2 heteroatoms. The van der Waals surface area contributed by atoms with Crippen LogP contribution in [-0.4, -0.2) is 11.7 Å². The molecule has 0 bridgehead atoms. The molecular weight excluding hydrogens is 186 g/mol. The van der Waals surface area contributed by atoms with Crippen LogP contribution in [0.15, 0.2) is 18.2 Å². The van der Waals surface area contributed by atoms with Crippen LogP contribution in [0.4, 0.5) is 0 Å². The summed E-state index contributed by atoms with van der Waals surface area (Å²) in [5.74, 6) is 0.464. The number of benzene rings is 1. The second kappa shape index (κ2) is 4.33. The molecule has 2 unspecified atom stereocenters. The van der Waals surface area contributed by atoms with E-state index in [2.05, 4.69) is 25.1 Å². The van der Waals surface area contributed by atoms with E-state index in [-0.39, 0.29) is 6.10 Å². The van der Waals surface area contributed by atoms with Crippen molar-refractivity contribution in [3.8, 4) is 0 Å². The Morgan fingerprint density at radius 2 is 2.20 bits per heavy atom. The molecule has 82 valence electrons. The van der Waals surface area contributed by atoms with Gasteiger partial charge in [0.15, 0.2) is 0 Å². The average molecular weight is 205 g/mol. The van der Waals surface area contributed by atoms with Gasteiger partial charge >= 0.3 is 0 Å². The SMILES string of the molecule is CCc1ccc2c(c1)C(O)CC2CCN. The summed E-state index contributed by atoms with van der Waals surface area (Å²) in [5.41, 5.74) is 9.33. The summed E-state index contributed by atoms with van der Waals surface area (Å²) >= 11 is 0. The van der Waals surface area contributed by atoms with Crippen molar-refractivity contribution in [2.75, 3.05) is 6.54 Å². The summed E-state index contributed by atoms with van der Waals surface area (Å²) in [5, 5.41) is 9.96. The van der Waals surface area contributed by atoms with Gasteiger partial charge in [0.25, 0.3) is 0 Å². The molecule has 1 aliphatic carbocycles. The second-order valence-electron chi connectivity index (χ2n) is 4.34. The lowest BCUT2D eigenvalue weighted by Crippen LogP contribution is -2.04. The van der Waals surface area contributed by atoms with Gasteiger partial charge in [-0.05, 0) is 48.4 Å². The van der Waals surface area contributed by atoms with Gasteiger partial charge in [-0.2, -0.15) is 0 Å². The van der Waals surface area contributed by atoms with Crippen molar-refractivity contribution in [2.45, 2.75) is 38.2 Å². The fourth-order valence-corrected chi connectivity index (χ4v) is 2.50. The first kappa shape index (κ1) is 10.7. The zero-order valence-corrected chi connectivity index (χ0v) is 9.24. The number of hydrogen-bond donors (Lipinski definition) is 2. The highest BCUT2D eigenvalue weighted by Gasteiger charge is 2.28. The van der Waals surface area contributed by atoms with Crippen molar-refractivity contribution in [1.29, 1.82) is 0 Å². The number of aliphatic hydroxyl groups excluding tert-OH is 1. The minimum absolute atomic E-state index is 0.275. The average Bonchev–Trinajstić information content (AvgIpc) is 2.56. The van der Waals surface area contributed by atoms with Crippen LogP contribution in [-0.2, 0) is 6.42 Å². The zero-order valence-electron chi connectivity index (χ0n) is 9.24. The van der Waals surface area contributed by atoms with Gasteiger partial charge in [0.1, 0.15) is 0 Å². The largest absolute Gasteiger partial charge is 0.388 e. The van der Waals surface area contributed by atoms with Gasteiger partial charge in [0, 0.05) is 0 Å². The highest BCUT2D eigenvalue weighted by molar-refractivity contribution is 5.40. The number of nitrogens with two attached hydrogens (primary N) is 1. The van der Waals surface area contributed by atoms with Crippen molar-refractivity contribution in [3.63, 3.8) is 0 Å². The van der Waals surface area contributed by atoms with Crippen molar-refractivity contribution in [3.05, 3.63) is 34.9 Å². The van der Waals surface area contributed by atoms with E-state index in [9.17, 15) is 5.11 Å². The lowest BCUT2D eigenvalue weighted by atomic mass is 9.96. The molecule has 0 fully saturated rings. The molecule has 2 rings (SSSR count). The van der Waals surface area contributed by atoms with Crippen LogP contribution in [0.5, 0.6) is 0 Å². The van der Waals surface area contributed by atoms with Gasteiger partial charge in [-0.3, -0.25) is 0 Å². The summed E-state index contributed by atoms with van der Waals surface area (Å²) < 4.78 is 0. The highest BCUT2D eigenvalue weighted by Crippen LogP contribution is 2.42. The maximum Gasteiger partial charge on any atom is 0.0798 e. The van der Waals surface area contributed by atoms with Crippen molar-refractivity contribution in [2.24, 2.45) is 5.73 Å². The summed E-state index contributed by atoms with van der Waals surface area (Å²) in [7, 11) is 0. The standard InChI is InChI=1S/C13H19NO/c1-2-9-3-4-11-10(5-6-14)8-13(15)12(11)7-9/h3-4,7,10,13,15H,2,5-6,8,14H2,1H3. The molecule has 0 amide bonds. The van der Waals surface area contributed by atoms with Gasteiger partial charge in [-0.15, -0.1) is 0 Å². The van der Waals surface area contributed by atoms with E-state index in [4.69, 9.17) is 5.73 Å². The van der Waals surface area contributed by atoms with E-state index >= 15 is 0 Å². The number of hydrogen-bond acceptors (Lipinski definition) is 2. The van der Waals surface area contributed by atoms with Gasteiger partial charge in [-0.25, -0.2) is 0 Å². The van der Waals surface area contributed by atoms with E-state index in [1.807, 2.05) is 0 Å². The summed E-state index contributed by atoms with van der Waals surface area (Å²) in [6.07, 6.45) is 2.58. The van der Waals surface area contributed by atoms with Gasteiger partial charge in [-0.1, -0.05) is 25.1 Å².